The first-order valence-electron chi connectivity index (χ1n) is 8.75. The van der Waals surface area contributed by atoms with E-state index in [2.05, 4.69) is 10.5 Å². The van der Waals surface area contributed by atoms with Crippen LogP contribution in [0.1, 0.15) is 24.5 Å². The molecule has 1 amide bonds. The fourth-order valence-electron chi connectivity index (χ4n) is 2.86. The molecule has 0 aliphatic rings. The van der Waals surface area contributed by atoms with Crippen molar-refractivity contribution in [3.05, 3.63) is 71.8 Å². The van der Waals surface area contributed by atoms with Gasteiger partial charge in [0, 0.05) is 17.4 Å². The molecule has 0 unspecified atom stereocenters. The Morgan fingerprint density at radius 1 is 1.07 bits per heavy atom. The zero-order valence-corrected chi connectivity index (χ0v) is 15.4. The van der Waals surface area contributed by atoms with Gasteiger partial charge in [0.2, 0.25) is 5.91 Å². The van der Waals surface area contributed by atoms with Gasteiger partial charge in [-0.15, -0.1) is 0 Å². The van der Waals surface area contributed by atoms with Crippen LogP contribution in [0.5, 0.6) is 11.5 Å². The van der Waals surface area contributed by atoms with Gasteiger partial charge in [0.05, 0.1) is 12.8 Å². The van der Waals surface area contributed by atoms with E-state index >= 15 is 0 Å². The Morgan fingerprint density at radius 2 is 1.81 bits per heavy atom. The predicted octanol–water partition coefficient (Wildman–Crippen LogP) is 4.03. The molecule has 0 spiro atoms. The van der Waals surface area contributed by atoms with E-state index in [4.69, 9.17) is 4.74 Å². The van der Waals surface area contributed by atoms with Crippen LogP contribution in [-0.4, -0.2) is 23.8 Å². The summed E-state index contributed by atoms with van der Waals surface area (Å²) in [6.45, 7) is 1.76. The molecule has 3 rings (SSSR count). The third-order valence-electron chi connectivity index (χ3n) is 4.44. The van der Waals surface area contributed by atoms with Crippen molar-refractivity contribution >= 4 is 22.4 Å². The normalized spacial score (nSPS) is 11.4. The Bertz CT molecular complexity index is 979. The lowest BCUT2D eigenvalue weighted by Gasteiger charge is -2.08. The molecule has 138 valence electrons. The summed E-state index contributed by atoms with van der Waals surface area (Å²) in [7, 11) is 1.62. The van der Waals surface area contributed by atoms with E-state index in [9.17, 15) is 9.90 Å². The van der Waals surface area contributed by atoms with Gasteiger partial charge in [0.15, 0.2) is 0 Å². The maximum atomic E-state index is 12.1. The number of amides is 1. The van der Waals surface area contributed by atoms with Gasteiger partial charge in [-0.25, -0.2) is 5.43 Å². The molecule has 0 aliphatic carbocycles. The van der Waals surface area contributed by atoms with Gasteiger partial charge < -0.3 is 9.84 Å². The number of hydrazone groups is 1. The van der Waals surface area contributed by atoms with Crippen molar-refractivity contribution < 1.29 is 14.6 Å². The average Bonchev–Trinajstić information content (AvgIpc) is 2.71. The number of carbonyl (C=O) groups excluding carboxylic acids is 1. The molecule has 3 aromatic carbocycles. The first-order valence-corrected chi connectivity index (χ1v) is 8.75. The van der Waals surface area contributed by atoms with E-state index in [1.165, 1.54) is 0 Å². The molecule has 0 heterocycles. The summed E-state index contributed by atoms with van der Waals surface area (Å²) in [5.41, 5.74) is 4.77. The second-order valence-electron chi connectivity index (χ2n) is 6.26. The molecule has 0 aliphatic heterocycles. The van der Waals surface area contributed by atoms with Crippen molar-refractivity contribution in [3.8, 4) is 11.5 Å². The van der Waals surface area contributed by atoms with E-state index in [1.54, 1.807) is 20.1 Å². The smallest absolute Gasteiger partial charge is 0.240 e. The van der Waals surface area contributed by atoms with Crippen LogP contribution in [0, 0.1) is 0 Å². The van der Waals surface area contributed by atoms with E-state index in [0.717, 1.165) is 22.1 Å². The van der Waals surface area contributed by atoms with Crippen molar-refractivity contribution in [1.82, 2.24) is 5.43 Å². The SMILES string of the molecule is COc1ccc(CCC(=O)NN=C(C)c2ccc3ccccc3c2O)cc1. The summed E-state index contributed by atoms with van der Waals surface area (Å²) in [6.07, 6.45) is 0.943. The molecule has 0 fully saturated rings. The Kier molecular flexibility index (Phi) is 5.71. The standard InChI is InChI=1S/C22H22N2O3/c1-15(19-13-10-17-5-3-4-6-20(17)22(19)26)23-24-21(25)14-9-16-7-11-18(27-2)12-8-16/h3-8,10-13,26H,9,14H2,1-2H3,(H,24,25). The molecule has 27 heavy (non-hydrogen) atoms. The fourth-order valence-corrected chi connectivity index (χ4v) is 2.86. The molecule has 5 heteroatoms. The monoisotopic (exact) mass is 362 g/mol. The lowest BCUT2D eigenvalue weighted by molar-refractivity contribution is -0.121. The summed E-state index contributed by atoms with van der Waals surface area (Å²) < 4.78 is 5.12. The number of phenols is 1. The second-order valence-corrected chi connectivity index (χ2v) is 6.26. The van der Waals surface area contributed by atoms with Crippen molar-refractivity contribution in [2.45, 2.75) is 19.8 Å². The molecular formula is C22H22N2O3. The molecule has 0 saturated heterocycles. The quantitative estimate of drug-likeness (QED) is 0.514. The number of rotatable bonds is 6. The first kappa shape index (κ1) is 18.5. The molecule has 0 radical (unpaired) electrons. The molecule has 0 aromatic heterocycles. The molecule has 5 nitrogen and oxygen atoms in total. The highest BCUT2D eigenvalue weighted by atomic mass is 16.5. The largest absolute Gasteiger partial charge is 0.507 e. The maximum Gasteiger partial charge on any atom is 0.240 e. The minimum Gasteiger partial charge on any atom is -0.507 e. The summed E-state index contributed by atoms with van der Waals surface area (Å²) in [4.78, 5) is 12.1. The van der Waals surface area contributed by atoms with Crippen LogP contribution in [0.2, 0.25) is 0 Å². The molecule has 2 N–H and O–H groups in total. The predicted molar refractivity (Wildman–Crippen MR) is 107 cm³/mol. The van der Waals surface area contributed by atoms with Crippen LogP contribution in [0.4, 0.5) is 0 Å². The number of ether oxygens (including phenoxy) is 1. The van der Waals surface area contributed by atoms with Gasteiger partial charge in [0.25, 0.3) is 0 Å². The topological polar surface area (TPSA) is 70.9 Å². The number of hydrogen-bond donors (Lipinski definition) is 2. The van der Waals surface area contributed by atoms with Crippen LogP contribution in [0.3, 0.4) is 0 Å². The Balaban J connectivity index is 1.62. The lowest BCUT2D eigenvalue weighted by atomic mass is 10.0. The summed E-state index contributed by atoms with van der Waals surface area (Å²) in [6, 6.07) is 18.9. The maximum absolute atomic E-state index is 12.1. The number of methoxy groups -OCH3 is 1. The highest BCUT2D eigenvalue weighted by Gasteiger charge is 2.09. The number of benzene rings is 3. The number of phenolic OH excluding ortho intramolecular Hbond substituents is 1. The van der Waals surface area contributed by atoms with E-state index in [-0.39, 0.29) is 11.7 Å². The number of hydrogen-bond acceptors (Lipinski definition) is 4. The van der Waals surface area contributed by atoms with Crippen LogP contribution in [-0.2, 0) is 11.2 Å². The summed E-state index contributed by atoms with van der Waals surface area (Å²) >= 11 is 0. The van der Waals surface area contributed by atoms with E-state index < -0.39 is 0 Å². The number of nitrogens with zero attached hydrogens (tertiary/aromatic N) is 1. The van der Waals surface area contributed by atoms with Gasteiger partial charge in [-0.1, -0.05) is 42.5 Å². The van der Waals surface area contributed by atoms with Gasteiger partial charge in [-0.3, -0.25) is 4.79 Å². The van der Waals surface area contributed by atoms with Crippen LogP contribution < -0.4 is 10.2 Å². The lowest BCUT2D eigenvalue weighted by Crippen LogP contribution is -2.19. The fraction of sp³-hybridized carbons (Fsp3) is 0.182. The summed E-state index contributed by atoms with van der Waals surface area (Å²) in [5.74, 6) is 0.783. The number of aryl methyl sites for hydroxylation is 1. The Labute approximate surface area is 158 Å². The second kappa shape index (κ2) is 8.36. The van der Waals surface area contributed by atoms with Gasteiger partial charge in [0.1, 0.15) is 11.5 Å². The number of aromatic hydroxyl groups is 1. The van der Waals surface area contributed by atoms with E-state index in [0.29, 0.717) is 24.1 Å². The van der Waals surface area contributed by atoms with E-state index in [1.807, 2.05) is 54.6 Å². The highest BCUT2D eigenvalue weighted by Crippen LogP contribution is 2.28. The molecule has 0 atom stereocenters. The van der Waals surface area contributed by atoms with Crippen molar-refractivity contribution in [3.63, 3.8) is 0 Å². The number of nitrogens with one attached hydrogen (secondary N) is 1. The number of fused-ring (bicyclic) bond motifs is 1. The first-order chi connectivity index (χ1) is 13.1. The minimum absolute atomic E-state index is 0.168. The van der Waals surface area contributed by atoms with Crippen molar-refractivity contribution in [2.75, 3.05) is 7.11 Å². The van der Waals surface area contributed by atoms with Crippen LogP contribution in [0.25, 0.3) is 10.8 Å². The molecule has 0 saturated carbocycles. The molecule has 3 aromatic rings. The van der Waals surface area contributed by atoms with Gasteiger partial charge in [-0.2, -0.15) is 5.10 Å². The summed E-state index contributed by atoms with van der Waals surface area (Å²) in [5, 5.41) is 16.3. The Morgan fingerprint density at radius 3 is 2.56 bits per heavy atom. The van der Waals surface area contributed by atoms with Gasteiger partial charge >= 0.3 is 0 Å². The minimum atomic E-state index is -0.176. The zero-order chi connectivity index (χ0) is 19.2. The number of carbonyl (C=O) groups is 1. The average molecular weight is 362 g/mol. The molecule has 0 bridgehead atoms. The highest BCUT2D eigenvalue weighted by molar-refractivity contribution is 6.06. The van der Waals surface area contributed by atoms with Crippen LogP contribution in [0.15, 0.2) is 65.8 Å². The van der Waals surface area contributed by atoms with Crippen molar-refractivity contribution in [1.29, 1.82) is 0 Å². The molecular weight excluding hydrogens is 340 g/mol. The Hall–Kier alpha value is -3.34. The third kappa shape index (κ3) is 4.44. The van der Waals surface area contributed by atoms with Gasteiger partial charge in [-0.05, 0) is 42.5 Å². The van der Waals surface area contributed by atoms with Crippen LogP contribution >= 0.6 is 0 Å². The third-order valence-corrected chi connectivity index (χ3v) is 4.44. The van der Waals surface area contributed by atoms with Crippen molar-refractivity contribution in [2.24, 2.45) is 5.10 Å². The zero-order valence-electron chi connectivity index (χ0n) is 15.4.